The fraction of sp³-hybridized carbons (Fsp3) is 0.643. The van der Waals surface area contributed by atoms with E-state index in [1.807, 2.05) is 18.5 Å². The molecule has 0 amide bonds. The minimum Gasteiger partial charge on any atom is -0.315 e. The van der Waals surface area contributed by atoms with Gasteiger partial charge in [-0.25, -0.2) is 0 Å². The Labute approximate surface area is 104 Å². The van der Waals surface area contributed by atoms with Gasteiger partial charge in [0.25, 0.3) is 0 Å². The van der Waals surface area contributed by atoms with Gasteiger partial charge in [-0.05, 0) is 37.6 Å². The van der Waals surface area contributed by atoms with E-state index in [1.165, 1.54) is 31.4 Å². The van der Waals surface area contributed by atoms with E-state index >= 15 is 0 Å². The van der Waals surface area contributed by atoms with Gasteiger partial charge in [-0.3, -0.25) is 9.88 Å². The number of nitrogens with zero attached hydrogens (tertiary/aromatic N) is 2. The Morgan fingerprint density at radius 3 is 3.18 bits per heavy atom. The molecule has 0 radical (unpaired) electrons. The molecule has 94 valence electrons. The van der Waals surface area contributed by atoms with Crippen LogP contribution in [0.25, 0.3) is 0 Å². The number of pyridine rings is 1. The molecule has 1 saturated heterocycles. The van der Waals surface area contributed by atoms with Gasteiger partial charge in [-0.2, -0.15) is 0 Å². The molecule has 1 aromatic rings. The van der Waals surface area contributed by atoms with Crippen molar-refractivity contribution in [2.45, 2.75) is 38.8 Å². The molecule has 2 heterocycles. The van der Waals surface area contributed by atoms with Gasteiger partial charge in [0.1, 0.15) is 0 Å². The molecule has 0 saturated carbocycles. The Morgan fingerprint density at radius 1 is 1.47 bits per heavy atom. The molecule has 17 heavy (non-hydrogen) atoms. The van der Waals surface area contributed by atoms with Crippen LogP contribution in [-0.4, -0.2) is 35.6 Å². The zero-order valence-corrected chi connectivity index (χ0v) is 10.7. The fourth-order valence-corrected chi connectivity index (χ4v) is 2.54. The molecule has 0 aromatic carbocycles. The first-order valence-corrected chi connectivity index (χ1v) is 6.74. The number of aromatic nitrogens is 1. The summed E-state index contributed by atoms with van der Waals surface area (Å²) in [5, 5.41) is 3.48. The van der Waals surface area contributed by atoms with Crippen LogP contribution < -0.4 is 5.32 Å². The predicted octanol–water partition coefficient (Wildman–Crippen LogP) is 2.05. The average molecular weight is 233 g/mol. The van der Waals surface area contributed by atoms with E-state index in [2.05, 4.69) is 28.2 Å². The second kappa shape index (κ2) is 6.72. The van der Waals surface area contributed by atoms with Gasteiger partial charge < -0.3 is 5.32 Å². The Morgan fingerprint density at radius 2 is 2.41 bits per heavy atom. The molecular formula is C14H23N3. The lowest BCUT2D eigenvalue weighted by molar-refractivity contribution is 0.138. The highest BCUT2D eigenvalue weighted by Gasteiger charge is 2.21. The van der Waals surface area contributed by atoms with E-state index in [0.29, 0.717) is 6.04 Å². The van der Waals surface area contributed by atoms with Crippen molar-refractivity contribution in [1.29, 1.82) is 0 Å². The lowest BCUT2D eigenvalue weighted by Crippen LogP contribution is -2.44. The minimum absolute atomic E-state index is 0.698. The smallest absolute Gasteiger partial charge is 0.0312 e. The molecule has 1 atom stereocenters. The third-order valence-corrected chi connectivity index (χ3v) is 3.49. The van der Waals surface area contributed by atoms with Gasteiger partial charge >= 0.3 is 0 Å². The molecule has 0 aliphatic carbocycles. The van der Waals surface area contributed by atoms with Crippen LogP contribution in [0.2, 0.25) is 0 Å². The molecule has 1 aliphatic rings. The SMILES string of the molecule is CCNCC1CCCCN1Cc1cccnc1. The second-order valence-corrected chi connectivity index (χ2v) is 4.79. The fourth-order valence-electron chi connectivity index (χ4n) is 2.54. The van der Waals surface area contributed by atoms with Crippen molar-refractivity contribution in [2.75, 3.05) is 19.6 Å². The largest absolute Gasteiger partial charge is 0.315 e. The van der Waals surface area contributed by atoms with E-state index < -0.39 is 0 Å². The van der Waals surface area contributed by atoms with Crippen molar-refractivity contribution < 1.29 is 0 Å². The summed E-state index contributed by atoms with van der Waals surface area (Å²) in [4.78, 5) is 6.80. The van der Waals surface area contributed by atoms with Crippen molar-refractivity contribution >= 4 is 0 Å². The maximum absolute atomic E-state index is 4.20. The van der Waals surface area contributed by atoms with Crippen LogP contribution in [0.3, 0.4) is 0 Å². The summed E-state index contributed by atoms with van der Waals surface area (Å²) < 4.78 is 0. The molecule has 1 N–H and O–H groups in total. The van der Waals surface area contributed by atoms with E-state index in [-0.39, 0.29) is 0 Å². The summed E-state index contributed by atoms with van der Waals surface area (Å²) in [5.74, 6) is 0. The molecule has 1 fully saturated rings. The van der Waals surface area contributed by atoms with Crippen molar-refractivity contribution in [2.24, 2.45) is 0 Å². The molecule has 3 nitrogen and oxygen atoms in total. The molecular weight excluding hydrogens is 210 g/mol. The molecule has 1 unspecified atom stereocenters. The number of hydrogen-bond donors (Lipinski definition) is 1. The van der Waals surface area contributed by atoms with Crippen molar-refractivity contribution in [3.63, 3.8) is 0 Å². The Bertz CT molecular complexity index is 313. The molecule has 0 spiro atoms. The van der Waals surface area contributed by atoms with Crippen molar-refractivity contribution in [3.8, 4) is 0 Å². The van der Waals surface area contributed by atoms with Crippen LogP contribution in [0, 0.1) is 0 Å². The summed E-state index contributed by atoms with van der Waals surface area (Å²) in [6, 6.07) is 4.90. The first-order chi connectivity index (χ1) is 8.40. The standard InChI is InChI=1S/C14H23N3/c1-2-15-11-14-7-3-4-9-17(14)12-13-6-5-8-16-10-13/h5-6,8,10,14-15H,2-4,7,9,11-12H2,1H3. The maximum atomic E-state index is 4.20. The average Bonchev–Trinajstić information content (AvgIpc) is 2.39. The molecule has 0 bridgehead atoms. The van der Waals surface area contributed by atoms with E-state index in [9.17, 15) is 0 Å². The lowest BCUT2D eigenvalue weighted by atomic mass is 10.0. The second-order valence-electron chi connectivity index (χ2n) is 4.79. The Hall–Kier alpha value is -0.930. The van der Waals surface area contributed by atoms with Crippen molar-refractivity contribution in [1.82, 2.24) is 15.2 Å². The first-order valence-electron chi connectivity index (χ1n) is 6.74. The highest BCUT2D eigenvalue weighted by Crippen LogP contribution is 2.18. The normalized spacial score (nSPS) is 21.6. The summed E-state index contributed by atoms with van der Waals surface area (Å²) in [6.07, 6.45) is 7.87. The molecule has 3 heteroatoms. The monoisotopic (exact) mass is 233 g/mol. The van der Waals surface area contributed by atoms with Crippen LogP contribution in [-0.2, 0) is 6.54 Å². The lowest BCUT2D eigenvalue weighted by Gasteiger charge is -2.35. The summed E-state index contributed by atoms with van der Waals surface area (Å²) in [7, 11) is 0. The topological polar surface area (TPSA) is 28.2 Å². The van der Waals surface area contributed by atoms with E-state index in [1.54, 1.807) is 0 Å². The summed E-state index contributed by atoms with van der Waals surface area (Å²) in [6.45, 7) is 6.64. The Balaban J connectivity index is 1.92. The van der Waals surface area contributed by atoms with Crippen molar-refractivity contribution in [3.05, 3.63) is 30.1 Å². The predicted molar refractivity (Wildman–Crippen MR) is 70.8 cm³/mol. The number of likely N-dealkylation sites (tertiary alicyclic amines) is 1. The number of piperidine rings is 1. The van der Waals surface area contributed by atoms with Gasteiger partial charge in [-0.15, -0.1) is 0 Å². The number of rotatable bonds is 5. The van der Waals surface area contributed by atoms with Crippen LogP contribution in [0.4, 0.5) is 0 Å². The molecule has 1 aliphatic heterocycles. The summed E-state index contributed by atoms with van der Waals surface area (Å²) >= 11 is 0. The zero-order valence-electron chi connectivity index (χ0n) is 10.7. The van der Waals surface area contributed by atoms with Gasteiger partial charge in [0, 0.05) is 31.5 Å². The van der Waals surface area contributed by atoms with E-state index in [0.717, 1.165) is 19.6 Å². The third-order valence-electron chi connectivity index (χ3n) is 3.49. The van der Waals surface area contributed by atoms with Gasteiger partial charge in [0.05, 0.1) is 0 Å². The number of nitrogens with one attached hydrogen (secondary N) is 1. The molecule has 2 rings (SSSR count). The van der Waals surface area contributed by atoms with Gasteiger partial charge in [-0.1, -0.05) is 19.4 Å². The maximum Gasteiger partial charge on any atom is 0.0312 e. The van der Waals surface area contributed by atoms with Crippen LogP contribution in [0.1, 0.15) is 31.7 Å². The van der Waals surface area contributed by atoms with Gasteiger partial charge in [0.15, 0.2) is 0 Å². The van der Waals surface area contributed by atoms with E-state index in [4.69, 9.17) is 0 Å². The zero-order chi connectivity index (χ0) is 11.9. The Kier molecular flexibility index (Phi) is 4.95. The first kappa shape index (κ1) is 12.5. The highest BCUT2D eigenvalue weighted by atomic mass is 15.2. The molecule has 1 aromatic heterocycles. The van der Waals surface area contributed by atoms with Gasteiger partial charge in [0.2, 0.25) is 0 Å². The highest BCUT2D eigenvalue weighted by molar-refractivity contribution is 5.08. The number of hydrogen-bond acceptors (Lipinski definition) is 3. The number of likely N-dealkylation sites (N-methyl/N-ethyl adjacent to an activating group) is 1. The van der Waals surface area contributed by atoms with Crippen LogP contribution in [0.15, 0.2) is 24.5 Å². The summed E-state index contributed by atoms with van der Waals surface area (Å²) in [5.41, 5.74) is 1.33. The quantitative estimate of drug-likeness (QED) is 0.843. The minimum atomic E-state index is 0.698. The van der Waals surface area contributed by atoms with Crippen LogP contribution in [0.5, 0.6) is 0 Å². The van der Waals surface area contributed by atoms with Crippen LogP contribution >= 0.6 is 0 Å². The third kappa shape index (κ3) is 3.79.